The van der Waals surface area contributed by atoms with Crippen molar-refractivity contribution in [3.63, 3.8) is 0 Å². The van der Waals surface area contributed by atoms with Crippen molar-refractivity contribution in [3.8, 4) is 11.5 Å². The number of nitrogens with one attached hydrogen (secondary N) is 2. The van der Waals surface area contributed by atoms with Gasteiger partial charge in [0.2, 0.25) is 0 Å². The molecule has 4 N–H and O–H groups in total. The lowest BCUT2D eigenvalue weighted by Gasteiger charge is -2.22. The zero-order chi connectivity index (χ0) is 15.4. The molecule has 0 aliphatic carbocycles. The standard InChI is InChI=1S/C16H28N2O2/c1-9(2)17-11(5)13-7-16(20)14(8-15(13)19)12(6)18-10(3)4/h7-12,17-20H,1-6H3. The molecule has 0 saturated heterocycles. The predicted molar refractivity (Wildman–Crippen MR) is 83.1 cm³/mol. The van der Waals surface area contributed by atoms with Gasteiger partial charge in [-0.15, -0.1) is 0 Å². The predicted octanol–water partition coefficient (Wildman–Crippen LogP) is 3.22. The summed E-state index contributed by atoms with van der Waals surface area (Å²) in [6.45, 7) is 12.2. The highest BCUT2D eigenvalue weighted by atomic mass is 16.3. The topological polar surface area (TPSA) is 64.5 Å². The molecule has 1 aromatic carbocycles. The van der Waals surface area contributed by atoms with Crippen molar-refractivity contribution >= 4 is 0 Å². The van der Waals surface area contributed by atoms with Gasteiger partial charge in [0, 0.05) is 35.3 Å². The Morgan fingerprint density at radius 2 is 1.00 bits per heavy atom. The van der Waals surface area contributed by atoms with Crippen LogP contribution in [0.25, 0.3) is 0 Å². The summed E-state index contributed by atoms with van der Waals surface area (Å²) in [5.41, 5.74) is 1.44. The monoisotopic (exact) mass is 280 g/mol. The Bertz CT molecular complexity index is 403. The zero-order valence-electron chi connectivity index (χ0n) is 13.4. The summed E-state index contributed by atoms with van der Waals surface area (Å²) in [7, 11) is 0. The van der Waals surface area contributed by atoms with Gasteiger partial charge in [0.15, 0.2) is 0 Å². The lowest BCUT2D eigenvalue weighted by molar-refractivity contribution is 0.417. The van der Waals surface area contributed by atoms with Crippen LogP contribution in [0, 0.1) is 0 Å². The van der Waals surface area contributed by atoms with Gasteiger partial charge < -0.3 is 20.8 Å². The Labute approximate surface area is 122 Å². The van der Waals surface area contributed by atoms with E-state index in [2.05, 4.69) is 38.3 Å². The summed E-state index contributed by atoms with van der Waals surface area (Å²) >= 11 is 0. The molecule has 0 spiro atoms. The second-order valence-corrected chi connectivity index (χ2v) is 6.06. The summed E-state index contributed by atoms with van der Waals surface area (Å²) in [5.74, 6) is 0.437. The molecule has 0 aliphatic rings. The van der Waals surface area contributed by atoms with Gasteiger partial charge >= 0.3 is 0 Å². The lowest BCUT2D eigenvalue weighted by atomic mass is 9.99. The van der Waals surface area contributed by atoms with Crippen LogP contribution in [0.3, 0.4) is 0 Å². The second-order valence-electron chi connectivity index (χ2n) is 6.06. The number of aromatic hydroxyl groups is 2. The Hall–Kier alpha value is -1.26. The van der Waals surface area contributed by atoms with Crippen LogP contribution in [0.5, 0.6) is 11.5 Å². The van der Waals surface area contributed by atoms with Gasteiger partial charge in [-0.05, 0) is 26.0 Å². The maximum absolute atomic E-state index is 10.2. The SMILES string of the molecule is CC(C)NC(C)c1cc(O)c(C(C)NC(C)C)cc1O. The lowest BCUT2D eigenvalue weighted by Crippen LogP contribution is -2.27. The van der Waals surface area contributed by atoms with Crippen LogP contribution < -0.4 is 10.6 Å². The van der Waals surface area contributed by atoms with Crippen LogP contribution in [0.2, 0.25) is 0 Å². The van der Waals surface area contributed by atoms with Crippen molar-refractivity contribution in [2.24, 2.45) is 0 Å². The van der Waals surface area contributed by atoms with Gasteiger partial charge in [0.25, 0.3) is 0 Å². The number of phenols is 2. The molecule has 0 bridgehead atoms. The molecule has 0 aromatic heterocycles. The highest BCUT2D eigenvalue weighted by Gasteiger charge is 2.18. The van der Waals surface area contributed by atoms with E-state index in [-0.39, 0.29) is 23.6 Å². The number of benzene rings is 1. The van der Waals surface area contributed by atoms with Crippen LogP contribution in [0.15, 0.2) is 12.1 Å². The molecule has 1 aromatic rings. The van der Waals surface area contributed by atoms with Crippen LogP contribution in [0.1, 0.15) is 64.8 Å². The highest BCUT2D eigenvalue weighted by Crippen LogP contribution is 2.34. The van der Waals surface area contributed by atoms with Crippen LogP contribution >= 0.6 is 0 Å². The van der Waals surface area contributed by atoms with Gasteiger partial charge in [-0.2, -0.15) is 0 Å². The van der Waals surface area contributed by atoms with Gasteiger partial charge in [0.1, 0.15) is 11.5 Å². The Balaban J connectivity index is 3.02. The summed E-state index contributed by atoms with van der Waals surface area (Å²) in [6, 6.07) is 3.92. The van der Waals surface area contributed by atoms with Crippen molar-refractivity contribution in [2.75, 3.05) is 0 Å². The van der Waals surface area contributed by atoms with E-state index in [1.807, 2.05) is 13.8 Å². The van der Waals surface area contributed by atoms with E-state index in [4.69, 9.17) is 0 Å². The zero-order valence-corrected chi connectivity index (χ0v) is 13.4. The van der Waals surface area contributed by atoms with Crippen molar-refractivity contribution in [3.05, 3.63) is 23.3 Å². The number of phenolic OH excluding ortho intramolecular Hbond substituents is 2. The van der Waals surface area contributed by atoms with Gasteiger partial charge in [-0.1, -0.05) is 27.7 Å². The van der Waals surface area contributed by atoms with Crippen molar-refractivity contribution < 1.29 is 10.2 Å². The first-order valence-corrected chi connectivity index (χ1v) is 7.30. The van der Waals surface area contributed by atoms with Crippen LogP contribution in [-0.4, -0.2) is 22.3 Å². The minimum Gasteiger partial charge on any atom is -0.508 e. The maximum atomic E-state index is 10.2. The summed E-state index contributed by atoms with van der Waals surface area (Å²) in [6.07, 6.45) is 0. The number of hydrogen-bond donors (Lipinski definition) is 4. The third kappa shape index (κ3) is 4.39. The summed E-state index contributed by atoms with van der Waals surface area (Å²) in [5, 5.41) is 27.0. The van der Waals surface area contributed by atoms with E-state index < -0.39 is 0 Å². The fourth-order valence-electron chi connectivity index (χ4n) is 2.48. The molecule has 2 atom stereocenters. The molecule has 0 aliphatic heterocycles. The molecule has 1 rings (SSSR count). The van der Waals surface area contributed by atoms with Crippen molar-refractivity contribution in [1.29, 1.82) is 0 Å². The van der Waals surface area contributed by atoms with Crippen LogP contribution in [-0.2, 0) is 0 Å². The maximum Gasteiger partial charge on any atom is 0.120 e. The third-order valence-electron chi connectivity index (χ3n) is 3.28. The smallest absolute Gasteiger partial charge is 0.120 e. The molecular weight excluding hydrogens is 252 g/mol. The molecular formula is C16H28N2O2. The first-order chi connectivity index (χ1) is 9.22. The molecule has 0 heterocycles. The van der Waals surface area contributed by atoms with Gasteiger partial charge in [-0.25, -0.2) is 0 Å². The summed E-state index contributed by atoms with van der Waals surface area (Å²) < 4.78 is 0. The fourth-order valence-corrected chi connectivity index (χ4v) is 2.48. The minimum atomic E-state index is -0.0108. The summed E-state index contributed by atoms with van der Waals surface area (Å²) in [4.78, 5) is 0. The van der Waals surface area contributed by atoms with Gasteiger partial charge in [0.05, 0.1) is 0 Å². The van der Waals surface area contributed by atoms with E-state index in [1.54, 1.807) is 12.1 Å². The average molecular weight is 280 g/mol. The minimum absolute atomic E-state index is 0.0108. The Kier molecular flexibility index (Phi) is 5.84. The molecule has 0 fully saturated rings. The molecule has 2 unspecified atom stereocenters. The molecule has 20 heavy (non-hydrogen) atoms. The van der Waals surface area contributed by atoms with E-state index >= 15 is 0 Å². The molecule has 0 amide bonds. The molecule has 0 radical (unpaired) electrons. The van der Waals surface area contributed by atoms with E-state index in [0.717, 1.165) is 11.1 Å². The van der Waals surface area contributed by atoms with Gasteiger partial charge in [-0.3, -0.25) is 0 Å². The average Bonchev–Trinajstić information content (AvgIpc) is 2.29. The second kappa shape index (κ2) is 6.95. The van der Waals surface area contributed by atoms with Crippen molar-refractivity contribution in [2.45, 2.75) is 65.7 Å². The van der Waals surface area contributed by atoms with Crippen LogP contribution in [0.4, 0.5) is 0 Å². The van der Waals surface area contributed by atoms with E-state index in [1.165, 1.54) is 0 Å². The quantitative estimate of drug-likeness (QED) is 0.604. The number of hydrogen-bond acceptors (Lipinski definition) is 4. The first kappa shape index (κ1) is 16.8. The Morgan fingerprint density at radius 1 is 0.700 bits per heavy atom. The fraction of sp³-hybridized carbons (Fsp3) is 0.625. The molecule has 4 nitrogen and oxygen atoms in total. The Morgan fingerprint density at radius 3 is 1.25 bits per heavy atom. The molecule has 114 valence electrons. The first-order valence-electron chi connectivity index (χ1n) is 7.30. The normalized spacial score (nSPS) is 14.8. The van der Waals surface area contributed by atoms with Crippen molar-refractivity contribution in [1.82, 2.24) is 10.6 Å². The van der Waals surface area contributed by atoms with E-state index in [9.17, 15) is 10.2 Å². The largest absolute Gasteiger partial charge is 0.508 e. The number of rotatable bonds is 6. The molecule has 4 heteroatoms. The third-order valence-corrected chi connectivity index (χ3v) is 3.28. The van der Waals surface area contributed by atoms with E-state index in [0.29, 0.717) is 12.1 Å². The highest BCUT2D eigenvalue weighted by molar-refractivity contribution is 5.47. The molecule has 0 saturated carbocycles.